The van der Waals surface area contributed by atoms with Crippen molar-refractivity contribution in [1.29, 1.82) is 0 Å². The predicted molar refractivity (Wildman–Crippen MR) is 60.2 cm³/mol. The highest BCUT2D eigenvalue weighted by Crippen LogP contribution is 2.02. The molecule has 13 heavy (non-hydrogen) atoms. The third-order valence-corrected chi connectivity index (χ3v) is 2.05. The van der Waals surface area contributed by atoms with Gasteiger partial charge in [0, 0.05) is 19.8 Å². The van der Waals surface area contributed by atoms with Crippen molar-refractivity contribution < 1.29 is 0 Å². The van der Waals surface area contributed by atoms with E-state index in [2.05, 4.69) is 18.9 Å². The molecule has 0 heterocycles. The molecule has 0 radical (unpaired) electrons. The first kappa shape index (κ1) is 12.5. The molecule has 0 aliphatic rings. The van der Waals surface area contributed by atoms with Crippen molar-refractivity contribution in [3.8, 4) is 0 Å². The summed E-state index contributed by atoms with van der Waals surface area (Å²) in [7, 11) is 2.05. The van der Waals surface area contributed by atoms with Crippen LogP contribution in [0.1, 0.15) is 52.4 Å². The zero-order valence-corrected chi connectivity index (χ0v) is 9.42. The average Bonchev–Trinajstić information content (AvgIpc) is 2.14. The van der Waals surface area contributed by atoms with E-state index in [1.807, 2.05) is 18.3 Å². The maximum atomic E-state index is 4.27. The standard InChI is InChI=1S/C11H24N2/c1-4-6-7-8-9-11-13(3)12-10-5-2/h10H,4-9,11H2,1-3H3/b12-10-. The van der Waals surface area contributed by atoms with E-state index in [0.717, 1.165) is 13.0 Å². The van der Waals surface area contributed by atoms with Crippen LogP contribution < -0.4 is 0 Å². The van der Waals surface area contributed by atoms with E-state index in [1.165, 1.54) is 32.1 Å². The number of hydrogen-bond donors (Lipinski definition) is 0. The molecule has 0 saturated heterocycles. The van der Waals surface area contributed by atoms with Gasteiger partial charge in [0.2, 0.25) is 0 Å². The van der Waals surface area contributed by atoms with E-state index in [1.54, 1.807) is 0 Å². The Hall–Kier alpha value is -0.530. The lowest BCUT2D eigenvalue weighted by atomic mass is 10.1. The Bertz CT molecular complexity index is 121. The number of nitrogens with zero attached hydrogens (tertiary/aromatic N) is 2. The summed E-state index contributed by atoms with van der Waals surface area (Å²) in [6, 6.07) is 0. The molecule has 2 heteroatoms. The van der Waals surface area contributed by atoms with Crippen LogP contribution in [0.3, 0.4) is 0 Å². The summed E-state index contributed by atoms with van der Waals surface area (Å²) in [6.07, 6.45) is 9.69. The topological polar surface area (TPSA) is 15.6 Å². The number of hydrogen-bond acceptors (Lipinski definition) is 2. The van der Waals surface area contributed by atoms with Crippen LogP contribution in [0, 0.1) is 0 Å². The maximum Gasteiger partial charge on any atom is 0.0356 e. The van der Waals surface area contributed by atoms with Crippen molar-refractivity contribution in [1.82, 2.24) is 5.01 Å². The fourth-order valence-electron chi connectivity index (χ4n) is 1.22. The van der Waals surface area contributed by atoms with Crippen molar-refractivity contribution in [2.45, 2.75) is 52.4 Å². The molecule has 0 fully saturated rings. The summed E-state index contributed by atoms with van der Waals surface area (Å²) in [4.78, 5) is 0. The summed E-state index contributed by atoms with van der Waals surface area (Å²) in [5.74, 6) is 0. The van der Waals surface area contributed by atoms with Crippen LogP contribution in [0.15, 0.2) is 5.10 Å². The highest BCUT2D eigenvalue weighted by molar-refractivity contribution is 5.55. The average molecular weight is 184 g/mol. The van der Waals surface area contributed by atoms with E-state index in [4.69, 9.17) is 0 Å². The number of hydrazone groups is 1. The zero-order chi connectivity index (χ0) is 9.94. The molecule has 0 bridgehead atoms. The molecule has 0 amide bonds. The van der Waals surface area contributed by atoms with Crippen LogP contribution >= 0.6 is 0 Å². The van der Waals surface area contributed by atoms with Gasteiger partial charge in [0.05, 0.1) is 0 Å². The lowest BCUT2D eigenvalue weighted by molar-refractivity contribution is 0.342. The monoisotopic (exact) mass is 184 g/mol. The van der Waals surface area contributed by atoms with Crippen molar-refractivity contribution in [2.24, 2.45) is 5.10 Å². The van der Waals surface area contributed by atoms with Gasteiger partial charge in [0.15, 0.2) is 0 Å². The van der Waals surface area contributed by atoms with Gasteiger partial charge in [-0.1, -0.05) is 39.5 Å². The minimum absolute atomic E-state index is 1.03. The summed E-state index contributed by atoms with van der Waals surface area (Å²) in [6.45, 7) is 5.45. The first-order chi connectivity index (χ1) is 6.31. The molecule has 0 aromatic rings. The molecule has 0 rings (SSSR count). The van der Waals surface area contributed by atoms with Crippen molar-refractivity contribution in [3.05, 3.63) is 0 Å². The summed E-state index contributed by atoms with van der Waals surface area (Å²) >= 11 is 0. The molecule has 0 aromatic carbocycles. The van der Waals surface area contributed by atoms with Gasteiger partial charge < -0.3 is 5.01 Å². The maximum absolute atomic E-state index is 4.27. The third-order valence-electron chi connectivity index (χ3n) is 2.05. The SMILES string of the molecule is CC/C=N\N(C)CCCCCCC. The smallest absolute Gasteiger partial charge is 0.0356 e. The van der Waals surface area contributed by atoms with Gasteiger partial charge in [-0.15, -0.1) is 0 Å². The van der Waals surface area contributed by atoms with Crippen LogP contribution in [-0.4, -0.2) is 24.8 Å². The lowest BCUT2D eigenvalue weighted by Gasteiger charge is -2.11. The Morgan fingerprint density at radius 3 is 2.38 bits per heavy atom. The molecular weight excluding hydrogens is 160 g/mol. The molecule has 0 unspecified atom stereocenters. The Morgan fingerprint density at radius 1 is 1.08 bits per heavy atom. The molecule has 0 saturated carbocycles. The molecule has 0 spiro atoms. The summed E-state index contributed by atoms with van der Waals surface area (Å²) < 4.78 is 0. The van der Waals surface area contributed by atoms with E-state index < -0.39 is 0 Å². The van der Waals surface area contributed by atoms with Crippen molar-refractivity contribution in [3.63, 3.8) is 0 Å². The highest BCUT2D eigenvalue weighted by atomic mass is 15.4. The van der Waals surface area contributed by atoms with Crippen LogP contribution in [0.2, 0.25) is 0 Å². The fraction of sp³-hybridized carbons (Fsp3) is 0.909. The minimum Gasteiger partial charge on any atom is -0.300 e. The van der Waals surface area contributed by atoms with Gasteiger partial charge in [-0.25, -0.2) is 0 Å². The van der Waals surface area contributed by atoms with Crippen LogP contribution in [-0.2, 0) is 0 Å². The molecule has 0 aromatic heterocycles. The molecular formula is C11H24N2. The molecule has 2 nitrogen and oxygen atoms in total. The quantitative estimate of drug-likeness (QED) is 0.321. The summed E-state index contributed by atoms with van der Waals surface area (Å²) in [5.41, 5.74) is 0. The van der Waals surface area contributed by atoms with Gasteiger partial charge in [0.25, 0.3) is 0 Å². The molecule has 0 aliphatic carbocycles. The third kappa shape index (κ3) is 9.38. The van der Waals surface area contributed by atoms with Crippen molar-refractivity contribution in [2.75, 3.05) is 13.6 Å². The van der Waals surface area contributed by atoms with E-state index in [9.17, 15) is 0 Å². The Balaban J connectivity index is 3.16. The first-order valence-corrected chi connectivity index (χ1v) is 5.54. The van der Waals surface area contributed by atoms with Crippen LogP contribution in [0.4, 0.5) is 0 Å². The van der Waals surface area contributed by atoms with Gasteiger partial charge in [-0.2, -0.15) is 5.10 Å². The van der Waals surface area contributed by atoms with E-state index >= 15 is 0 Å². The number of rotatable bonds is 8. The van der Waals surface area contributed by atoms with Gasteiger partial charge in [-0.05, 0) is 12.8 Å². The predicted octanol–water partition coefficient (Wildman–Crippen LogP) is 3.28. The normalized spacial score (nSPS) is 11.0. The first-order valence-electron chi connectivity index (χ1n) is 5.54. The Morgan fingerprint density at radius 2 is 1.77 bits per heavy atom. The molecule has 0 N–H and O–H groups in total. The zero-order valence-electron chi connectivity index (χ0n) is 9.42. The second kappa shape index (κ2) is 9.56. The Kier molecular flexibility index (Phi) is 9.17. The van der Waals surface area contributed by atoms with Gasteiger partial charge in [0.1, 0.15) is 0 Å². The second-order valence-corrected chi connectivity index (χ2v) is 3.50. The van der Waals surface area contributed by atoms with Crippen molar-refractivity contribution >= 4 is 6.21 Å². The molecule has 0 aliphatic heterocycles. The fourth-order valence-corrected chi connectivity index (χ4v) is 1.22. The molecule has 0 atom stereocenters. The van der Waals surface area contributed by atoms with Crippen LogP contribution in [0.25, 0.3) is 0 Å². The van der Waals surface area contributed by atoms with Crippen LogP contribution in [0.5, 0.6) is 0 Å². The second-order valence-electron chi connectivity index (χ2n) is 3.50. The van der Waals surface area contributed by atoms with E-state index in [-0.39, 0.29) is 0 Å². The van der Waals surface area contributed by atoms with Gasteiger partial charge >= 0.3 is 0 Å². The van der Waals surface area contributed by atoms with E-state index in [0.29, 0.717) is 0 Å². The summed E-state index contributed by atoms with van der Waals surface area (Å²) in [5, 5.41) is 6.31. The lowest BCUT2D eigenvalue weighted by Crippen LogP contribution is -2.12. The minimum atomic E-state index is 1.03. The van der Waals surface area contributed by atoms with Gasteiger partial charge in [-0.3, -0.25) is 0 Å². The highest BCUT2D eigenvalue weighted by Gasteiger charge is 1.92. The Labute approximate surface area is 83.0 Å². The largest absolute Gasteiger partial charge is 0.300 e. The number of unbranched alkanes of at least 4 members (excludes halogenated alkanes) is 4. The molecule has 78 valence electrons.